The smallest absolute Gasteiger partial charge is 0.124 e. The van der Waals surface area contributed by atoms with Crippen molar-refractivity contribution in [3.8, 4) is 0 Å². The third kappa shape index (κ3) is 3.29. The van der Waals surface area contributed by atoms with Gasteiger partial charge in [-0.05, 0) is 24.1 Å². The molecule has 0 bridgehead atoms. The molecule has 0 unspecified atom stereocenters. The number of nitrogens with one attached hydrogen (secondary N) is 1. The SMILES string of the molecule is OCC[C@@H](c1ccc(F)cc1Br)N1CCNCC1. The van der Waals surface area contributed by atoms with Crippen LogP contribution >= 0.6 is 15.9 Å². The molecule has 1 aromatic carbocycles. The number of aliphatic hydroxyl groups excluding tert-OH is 1. The molecular weight excluding hydrogens is 299 g/mol. The summed E-state index contributed by atoms with van der Waals surface area (Å²) in [4.78, 5) is 2.34. The molecule has 1 aliphatic rings. The molecule has 3 nitrogen and oxygen atoms in total. The van der Waals surface area contributed by atoms with Gasteiger partial charge in [0, 0.05) is 43.3 Å². The van der Waals surface area contributed by atoms with E-state index < -0.39 is 0 Å². The number of benzene rings is 1. The number of hydrogen-bond donors (Lipinski definition) is 2. The van der Waals surface area contributed by atoms with Crippen LogP contribution in [0.4, 0.5) is 4.39 Å². The van der Waals surface area contributed by atoms with E-state index in [1.54, 1.807) is 0 Å². The lowest BCUT2D eigenvalue weighted by atomic mass is 10.0. The first kappa shape index (κ1) is 13.9. The summed E-state index contributed by atoms with van der Waals surface area (Å²) in [5.41, 5.74) is 1.05. The number of hydrogen-bond acceptors (Lipinski definition) is 3. The molecule has 1 heterocycles. The molecule has 18 heavy (non-hydrogen) atoms. The highest BCUT2D eigenvalue weighted by atomic mass is 79.9. The van der Waals surface area contributed by atoms with E-state index in [-0.39, 0.29) is 18.5 Å². The summed E-state index contributed by atoms with van der Waals surface area (Å²) in [5, 5.41) is 12.6. The predicted octanol–water partition coefficient (Wildman–Crippen LogP) is 1.92. The molecule has 0 spiro atoms. The zero-order valence-corrected chi connectivity index (χ0v) is 11.8. The number of nitrogens with zero attached hydrogens (tertiary/aromatic N) is 1. The molecule has 2 N–H and O–H groups in total. The van der Waals surface area contributed by atoms with Crippen LogP contribution in [0.1, 0.15) is 18.0 Å². The van der Waals surface area contributed by atoms with Crippen LogP contribution in [0, 0.1) is 5.82 Å². The minimum absolute atomic E-state index is 0.137. The highest BCUT2D eigenvalue weighted by molar-refractivity contribution is 9.10. The van der Waals surface area contributed by atoms with Crippen LogP contribution in [0.3, 0.4) is 0 Å². The Balaban J connectivity index is 2.22. The molecule has 1 fully saturated rings. The average molecular weight is 317 g/mol. The molecule has 2 rings (SSSR count). The van der Waals surface area contributed by atoms with Crippen LogP contribution < -0.4 is 5.32 Å². The molecule has 100 valence electrons. The number of halogens is 2. The lowest BCUT2D eigenvalue weighted by Gasteiger charge is -2.35. The first-order valence-corrected chi connectivity index (χ1v) is 7.02. The van der Waals surface area contributed by atoms with E-state index in [0.29, 0.717) is 6.42 Å². The fourth-order valence-electron chi connectivity index (χ4n) is 2.42. The van der Waals surface area contributed by atoms with Crippen molar-refractivity contribution in [3.63, 3.8) is 0 Å². The molecule has 0 aliphatic carbocycles. The van der Waals surface area contributed by atoms with Crippen molar-refractivity contribution in [1.82, 2.24) is 10.2 Å². The zero-order valence-electron chi connectivity index (χ0n) is 10.2. The van der Waals surface area contributed by atoms with Crippen LogP contribution in [0.2, 0.25) is 0 Å². The quantitative estimate of drug-likeness (QED) is 0.891. The van der Waals surface area contributed by atoms with Crippen molar-refractivity contribution in [2.75, 3.05) is 32.8 Å². The molecular formula is C13H18BrFN2O. The van der Waals surface area contributed by atoms with Crippen molar-refractivity contribution in [2.24, 2.45) is 0 Å². The normalized spacial score (nSPS) is 18.8. The van der Waals surface area contributed by atoms with E-state index in [2.05, 4.69) is 26.1 Å². The maximum Gasteiger partial charge on any atom is 0.124 e. The second-order valence-corrected chi connectivity index (χ2v) is 5.33. The molecule has 0 radical (unpaired) electrons. The molecule has 0 saturated carbocycles. The lowest BCUT2D eigenvalue weighted by Crippen LogP contribution is -2.45. The van der Waals surface area contributed by atoms with Gasteiger partial charge in [-0.15, -0.1) is 0 Å². The van der Waals surface area contributed by atoms with E-state index in [1.807, 2.05) is 6.07 Å². The number of aliphatic hydroxyl groups is 1. The van der Waals surface area contributed by atoms with E-state index in [0.717, 1.165) is 36.2 Å². The van der Waals surface area contributed by atoms with Crippen molar-refractivity contribution < 1.29 is 9.50 Å². The van der Waals surface area contributed by atoms with Gasteiger partial charge in [0.2, 0.25) is 0 Å². The van der Waals surface area contributed by atoms with E-state index in [9.17, 15) is 9.50 Å². The standard InChI is InChI=1S/C13H18BrFN2O/c14-12-9-10(15)1-2-11(12)13(3-8-18)17-6-4-16-5-7-17/h1-2,9,13,16,18H,3-8H2/t13-/m0/s1. The van der Waals surface area contributed by atoms with Gasteiger partial charge in [-0.1, -0.05) is 22.0 Å². The maximum atomic E-state index is 13.1. The fourth-order valence-corrected chi connectivity index (χ4v) is 3.04. The minimum Gasteiger partial charge on any atom is -0.396 e. The van der Waals surface area contributed by atoms with Crippen molar-refractivity contribution in [3.05, 3.63) is 34.1 Å². The Hall–Kier alpha value is -0.490. The first-order valence-electron chi connectivity index (χ1n) is 6.23. The summed E-state index contributed by atoms with van der Waals surface area (Å²) in [6.45, 7) is 3.96. The summed E-state index contributed by atoms with van der Waals surface area (Å²) in [6.07, 6.45) is 0.671. The Bertz CT molecular complexity index is 397. The second kappa shape index (κ2) is 6.61. The van der Waals surface area contributed by atoms with Gasteiger partial charge >= 0.3 is 0 Å². The highest BCUT2D eigenvalue weighted by Gasteiger charge is 2.23. The van der Waals surface area contributed by atoms with Crippen molar-refractivity contribution in [2.45, 2.75) is 12.5 Å². The molecule has 5 heteroatoms. The monoisotopic (exact) mass is 316 g/mol. The van der Waals surface area contributed by atoms with Crippen LogP contribution in [-0.2, 0) is 0 Å². The van der Waals surface area contributed by atoms with Crippen LogP contribution in [0.5, 0.6) is 0 Å². The zero-order chi connectivity index (χ0) is 13.0. The summed E-state index contributed by atoms with van der Waals surface area (Å²) in [7, 11) is 0. The Labute approximate surface area is 115 Å². The molecule has 0 amide bonds. The van der Waals surface area contributed by atoms with Crippen LogP contribution in [-0.4, -0.2) is 42.8 Å². The number of piperazine rings is 1. The molecule has 0 aromatic heterocycles. The first-order chi connectivity index (χ1) is 8.72. The van der Waals surface area contributed by atoms with Crippen molar-refractivity contribution in [1.29, 1.82) is 0 Å². The van der Waals surface area contributed by atoms with E-state index in [1.165, 1.54) is 12.1 Å². The molecule has 1 aliphatic heterocycles. The van der Waals surface area contributed by atoms with Gasteiger partial charge in [-0.2, -0.15) is 0 Å². The Kier molecular flexibility index (Phi) is 5.12. The Morgan fingerprint density at radius 1 is 1.39 bits per heavy atom. The average Bonchev–Trinajstić information content (AvgIpc) is 2.38. The second-order valence-electron chi connectivity index (χ2n) is 4.48. The maximum absolute atomic E-state index is 13.1. The van der Waals surface area contributed by atoms with Crippen LogP contribution in [0.15, 0.2) is 22.7 Å². The van der Waals surface area contributed by atoms with Gasteiger partial charge in [0.05, 0.1) is 0 Å². The summed E-state index contributed by atoms with van der Waals surface area (Å²) < 4.78 is 13.9. The predicted molar refractivity (Wildman–Crippen MR) is 73.0 cm³/mol. The van der Waals surface area contributed by atoms with E-state index in [4.69, 9.17) is 0 Å². The van der Waals surface area contributed by atoms with E-state index >= 15 is 0 Å². The van der Waals surface area contributed by atoms with Gasteiger partial charge in [0.25, 0.3) is 0 Å². The van der Waals surface area contributed by atoms with Gasteiger partial charge in [-0.25, -0.2) is 4.39 Å². The Morgan fingerprint density at radius 3 is 2.72 bits per heavy atom. The highest BCUT2D eigenvalue weighted by Crippen LogP contribution is 2.31. The van der Waals surface area contributed by atoms with Gasteiger partial charge in [-0.3, -0.25) is 4.90 Å². The summed E-state index contributed by atoms with van der Waals surface area (Å²) in [5.74, 6) is -0.242. The molecule has 1 aromatic rings. The number of rotatable bonds is 4. The topological polar surface area (TPSA) is 35.5 Å². The minimum atomic E-state index is -0.242. The third-order valence-electron chi connectivity index (χ3n) is 3.32. The van der Waals surface area contributed by atoms with Crippen LogP contribution in [0.25, 0.3) is 0 Å². The largest absolute Gasteiger partial charge is 0.396 e. The van der Waals surface area contributed by atoms with Gasteiger partial charge in [0.1, 0.15) is 5.82 Å². The fraction of sp³-hybridized carbons (Fsp3) is 0.538. The lowest BCUT2D eigenvalue weighted by molar-refractivity contribution is 0.140. The van der Waals surface area contributed by atoms with Crippen molar-refractivity contribution >= 4 is 15.9 Å². The summed E-state index contributed by atoms with van der Waals surface area (Å²) >= 11 is 3.42. The summed E-state index contributed by atoms with van der Waals surface area (Å²) in [6, 6.07) is 4.92. The Morgan fingerprint density at radius 2 is 2.11 bits per heavy atom. The van der Waals surface area contributed by atoms with Gasteiger partial charge in [0.15, 0.2) is 0 Å². The molecule has 1 atom stereocenters. The van der Waals surface area contributed by atoms with Gasteiger partial charge < -0.3 is 10.4 Å². The third-order valence-corrected chi connectivity index (χ3v) is 4.00. The molecule has 1 saturated heterocycles.